The highest BCUT2D eigenvalue weighted by atomic mass is 35.5. The number of carbonyl (C=O) groups excluding carboxylic acids is 2. The zero-order valence-electron chi connectivity index (χ0n) is 17.3. The zero-order valence-corrected chi connectivity index (χ0v) is 18.9. The first-order valence-corrected chi connectivity index (χ1v) is 11.3. The van der Waals surface area contributed by atoms with Gasteiger partial charge in [-0.15, -0.1) is 11.8 Å². The second kappa shape index (κ2) is 11.9. The number of hydrogen-bond acceptors (Lipinski definition) is 3. The van der Waals surface area contributed by atoms with E-state index in [2.05, 4.69) is 5.32 Å². The van der Waals surface area contributed by atoms with Crippen LogP contribution < -0.4 is 5.32 Å². The average molecular weight is 433 g/mol. The molecule has 0 unspecified atom stereocenters. The van der Waals surface area contributed by atoms with Crippen molar-refractivity contribution in [2.75, 3.05) is 12.3 Å². The summed E-state index contributed by atoms with van der Waals surface area (Å²) in [4.78, 5) is 28.2. The molecular formula is C23H29ClN2O2S. The van der Waals surface area contributed by atoms with Crippen LogP contribution in [0.2, 0.25) is 5.02 Å². The first-order chi connectivity index (χ1) is 13.9. The van der Waals surface area contributed by atoms with E-state index in [9.17, 15) is 9.59 Å². The van der Waals surface area contributed by atoms with Crippen LogP contribution in [0.5, 0.6) is 0 Å². The Hall–Kier alpha value is -1.98. The van der Waals surface area contributed by atoms with Gasteiger partial charge in [0.15, 0.2) is 0 Å². The van der Waals surface area contributed by atoms with E-state index in [1.807, 2.05) is 62.4 Å². The van der Waals surface area contributed by atoms with E-state index < -0.39 is 6.04 Å². The second-order valence-electron chi connectivity index (χ2n) is 7.03. The molecule has 2 aromatic carbocycles. The van der Waals surface area contributed by atoms with Crippen molar-refractivity contribution in [1.29, 1.82) is 0 Å². The Morgan fingerprint density at radius 1 is 1.10 bits per heavy atom. The number of amides is 2. The van der Waals surface area contributed by atoms with Crippen LogP contribution in [-0.4, -0.2) is 35.1 Å². The van der Waals surface area contributed by atoms with Gasteiger partial charge in [0.2, 0.25) is 11.8 Å². The minimum absolute atomic E-state index is 0.0220. The van der Waals surface area contributed by atoms with E-state index in [1.54, 1.807) is 23.6 Å². The van der Waals surface area contributed by atoms with Gasteiger partial charge >= 0.3 is 0 Å². The van der Waals surface area contributed by atoms with Crippen molar-refractivity contribution in [2.45, 2.75) is 51.1 Å². The van der Waals surface area contributed by atoms with Crippen molar-refractivity contribution in [3.05, 3.63) is 64.7 Å². The normalized spacial score (nSPS) is 11.7. The highest BCUT2D eigenvalue weighted by molar-refractivity contribution is 7.99. The van der Waals surface area contributed by atoms with Gasteiger partial charge in [-0.1, -0.05) is 48.4 Å². The van der Waals surface area contributed by atoms with Gasteiger partial charge in [-0.2, -0.15) is 0 Å². The van der Waals surface area contributed by atoms with Crippen LogP contribution in [0.4, 0.5) is 0 Å². The Morgan fingerprint density at radius 3 is 2.38 bits per heavy atom. The maximum absolute atomic E-state index is 13.0. The summed E-state index contributed by atoms with van der Waals surface area (Å²) in [5.74, 6) is 0.512. The molecule has 1 atom stereocenters. The van der Waals surface area contributed by atoms with Crippen LogP contribution in [0.3, 0.4) is 0 Å². The Balaban J connectivity index is 2.03. The monoisotopic (exact) mass is 432 g/mol. The molecule has 0 aliphatic heterocycles. The lowest BCUT2D eigenvalue weighted by Crippen LogP contribution is -2.47. The molecule has 0 aliphatic rings. The smallest absolute Gasteiger partial charge is 0.242 e. The molecule has 6 heteroatoms. The maximum Gasteiger partial charge on any atom is 0.242 e. The number of rotatable bonds is 10. The number of thioether (sulfide) groups is 1. The molecule has 0 spiro atoms. The highest BCUT2D eigenvalue weighted by Crippen LogP contribution is 2.22. The minimum Gasteiger partial charge on any atom is -0.354 e. The van der Waals surface area contributed by atoms with Crippen LogP contribution in [0.15, 0.2) is 53.4 Å². The summed E-state index contributed by atoms with van der Waals surface area (Å²) in [6.45, 7) is 6.87. The third-order valence-electron chi connectivity index (χ3n) is 4.59. The first kappa shape index (κ1) is 23.3. The molecule has 0 radical (unpaired) electrons. The topological polar surface area (TPSA) is 49.4 Å². The standard InChI is InChI=1S/C23H29ClN2O2S/c1-4-14-25-23(28)18(3)26(16-19-7-5-17(2)6-8-19)22(27)13-15-29-21-11-9-20(24)10-12-21/h5-12,18H,4,13-16H2,1-3H3,(H,25,28)/t18-/m0/s1. The molecule has 0 heterocycles. The Morgan fingerprint density at radius 2 is 1.76 bits per heavy atom. The summed E-state index contributed by atoms with van der Waals surface area (Å²) in [6, 6.07) is 15.1. The van der Waals surface area contributed by atoms with Crippen LogP contribution in [0.25, 0.3) is 0 Å². The van der Waals surface area contributed by atoms with Crippen LogP contribution in [0.1, 0.15) is 37.8 Å². The third kappa shape index (κ3) is 7.75. The lowest BCUT2D eigenvalue weighted by molar-refractivity contribution is -0.140. The summed E-state index contributed by atoms with van der Waals surface area (Å²) < 4.78 is 0. The molecule has 1 N–H and O–H groups in total. The van der Waals surface area contributed by atoms with E-state index in [0.717, 1.165) is 16.9 Å². The van der Waals surface area contributed by atoms with Crippen molar-refractivity contribution in [3.8, 4) is 0 Å². The van der Waals surface area contributed by atoms with Gasteiger partial charge in [-0.25, -0.2) is 0 Å². The van der Waals surface area contributed by atoms with Gasteiger partial charge in [0, 0.05) is 35.2 Å². The summed E-state index contributed by atoms with van der Waals surface area (Å²) >= 11 is 7.53. The minimum atomic E-state index is -0.518. The van der Waals surface area contributed by atoms with Gasteiger partial charge in [-0.3, -0.25) is 9.59 Å². The third-order valence-corrected chi connectivity index (χ3v) is 5.85. The molecular weight excluding hydrogens is 404 g/mol. The molecule has 29 heavy (non-hydrogen) atoms. The molecule has 2 amide bonds. The molecule has 156 valence electrons. The number of nitrogens with one attached hydrogen (secondary N) is 1. The molecule has 0 saturated heterocycles. The number of carbonyl (C=O) groups is 2. The largest absolute Gasteiger partial charge is 0.354 e. The van der Waals surface area contributed by atoms with Crippen molar-refractivity contribution in [1.82, 2.24) is 10.2 Å². The Bertz CT molecular complexity index is 794. The lowest BCUT2D eigenvalue weighted by Gasteiger charge is -2.29. The molecule has 2 aromatic rings. The summed E-state index contributed by atoms with van der Waals surface area (Å²) in [6.07, 6.45) is 1.23. The lowest BCUT2D eigenvalue weighted by atomic mass is 10.1. The number of nitrogens with zero attached hydrogens (tertiary/aromatic N) is 1. The van der Waals surface area contributed by atoms with E-state index in [-0.39, 0.29) is 11.8 Å². The molecule has 4 nitrogen and oxygen atoms in total. The van der Waals surface area contributed by atoms with Crippen molar-refractivity contribution >= 4 is 35.2 Å². The molecule has 0 bridgehead atoms. The van der Waals surface area contributed by atoms with Crippen LogP contribution in [-0.2, 0) is 16.1 Å². The summed E-state index contributed by atoms with van der Waals surface area (Å²) in [7, 11) is 0. The van der Waals surface area contributed by atoms with E-state index in [0.29, 0.717) is 30.3 Å². The van der Waals surface area contributed by atoms with Gasteiger partial charge in [0.25, 0.3) is 0 Å². The summed E-state index contributed by atoms with van der Waals surface area (Å²) in [5.41, 5.74) is 2.18. The van der Waals surface area contributed by atoms with Crippen LogP contribution in [0, 0.1) is 6.92 Å². The van der Waals surface area contributed by atoms with E-state index in [1.165, 1.54) is 5.56 Å². The predicted molar refractivity (Wildman–Crippen MR) is 121 cm³/mol. The van der Waals surface area contributed by atoms with Crippen molar-refractivity contribution < 1.29 is 9.59 Å². The second-order valence-corrected chi connectivity index (χ2v) is 8.63. The van der Waals surface area contributed by atoms with E-state index in [4.69, 9.17) is 11.6 Å². The Labute approximate surface area is 183 Å². The van der Waals surface area contributed by atoms with Gasteiger partial charge < -0.3 is 10.2 Å². The fraction of sp³-hybridized carbons (Fsp3) is 0.391. The fourth-order valence-corrected chi connectivity index (χ4v) is 3.77. The quantitative estimate of drug-likeness (QED) is 0.533. The number of aryl methyl sites for hydroxylation is 1. The van der Waals surface area contributed by atoms with Gasteiger partial charge in [0.1, 0.15) is 6.04 Å². The molecule has 0 aromatic heterocycles. The van der Waals surface area contributed by atoms with E-state index >= 15 is 0 Å². The summed E-state index contributed by atoms with van der Waals surface area (Å²) in [5, 5.41) is 3.59. The molecule has 0 fully saturated rings. The number of halogens is 1. The van der Waals surface area contributed by atoms with Crippen molar-refractivity contribution in [3.63, 3.8) is 0 Å². The first-order valence-electron chi connectivity index (χ1n) is 9.91. The molecule has 0 saturated carbocycles. The fourth-order valence-electron chi connectivity index (χ4n) is 2.80. The highest BCUT2D eigenvalue weighted by Gasteiger charge is 2.25. The predicted octanol–water partition coefficient (Wildman–Crippen LogP) is 5.07. The van der Waals surface area contributed by atoms with Gasteiger partial charge in [-0.05, 0) is 50.1 Å². The number of benzene rings is 2. The molecule has 2 rings (SSSR count). The molecule has 0 aliphatic carbocycles. The Kier molecular flexibility index (Phi) is 9.55. The average Bonchev–Trinajstić information content (AvgIpc) is 2.72. The SMILES string of the molecule is CCCNC(=O)[C@H](C)N(Cc1ccc(C)cc1)C(=O)CCSc1ccc(Cl)cc1. The van der Waals surface area contributed by atoms with Gasteiger partial charge in [0.05, 0.1) is 0 Å². The number of hydrogen-bond donors (Lipinski definition) is 1. The van der Waals surface area contributed by atoms with Crippen molar-refractivity contribution in [2.24, 2.45) is 0 Å². The maximum atomic E-state index is 13.0. The van der Waals surface area contributed by atoms with Crippen LogP contribution >= 0.6 is 23.4 Å². The zero-order chi connectivity index (χ0) is 21.2.